The van der Waals surface area contributed by atoms with E-state index < -0.39 is 0 Å². The molecule has 72 valence electrons. The topological polar surface area (TPSA) is 0 Å². The summed E-state index contributed by atoms with van der Waals surface area (Å²) in [4.78, 5) is 0. The van der Waals surface area contributed by atoms with Crippen LogP contribution in [0.15, 0.2) is 0 Å². The third-order valence-electron chi connectivity index (χ3n) is 5.77. The Kier molecular flexibility index (Phi) is 1.88. The third-order valence-corrected chi connectivity index (χ3v) is 8.11. The zero-order valence-electron chi connectivity index (χ0n) is 9.05. The van der Waals surface area contributed by atoms with Crippen LogP contribution in [0.1, 0.15) is 45.4 Å². The summed E-state index contributed by atoms with van der Waals surface area (Å²) in [5.41, 5.74) is 0. The number of hydrogen-bond donors (Lipinski definition) is 0. The molecular weight excluding hydrogens is 171 g/mol. The van der Waals surface area contributed by atoms with E-state index >= 15 is 0 Å². The fourth-order valence-corrected chi connectivity index (χ4v) is 5.78. The Morgan fingerprint density at radius 1 is 1.00 bits per heavy atom. The molecule has 0 aromatic heterocycles. The van der Waals surface area contributed by atoms with E-state index in [4.69, 9.17) is 0 Å². The number of hydrogen-bond acceptors (Lipinski definition) is 0. The van der Waals surface area contributed by atoms with E-state index in [-0.39, 0.29) is 0 Å². The first kappa shape index (κ1) is 8.81. The molecule has 0 amide bonds. The first-order valence-corrected chi connectivity index (χ1v) is 7.22. The molecule has 0 unspecified atom stereocenters. The van der Waals surface area contributed by atoms with E-state index in [1.807, 2.05) is 0 Å². The molecule has 4 aliphatic carbocycles. The van der Waals surface area contributed by atoms with Gasteiger partial charge in [-0.3, -0.25) is 0 Å². The van der Waals surface area contributed by atoms with Gasteiger partial charge in [-0.1, -0.05) is 17.6 Å². The second-order valence-corrected chi connectivity index (χ2v) is 8.03. The molecular formula is C12H21Al. The molecule has 0 heterocycles. The molecule has 0 nitrogen and oxygen atoms in total. The van der Waals surface area contributed by atoms with Gasteiger partial charge in [-0.15, -0.1) is 0 Å². The average Bonchev–Trinajstić information content (AvgIpc) is 2.13. The Hall–Kier alpha value is 0.532. The van der Waals surface area contributed by atoms with Gasteiger partial charge in [0.2, 0.25) is 16.3 Å². The molecule has 0 saturated heterocycles. The highest BCUT2D eigenvalue weighted by Gasteiger charge is 2.53. The molecule has 4 fully saturated rings. The first-order valence-electron chi connectivity index (χ1n) is 6.22. The Morgan fingerprint density at radius 3 is 1.85 bits per heavy atom. The Balaban J connectivity index is 1.93. The largest absolute Gasteiger partial charge is 0.222 e. The van der Waals surface area contributed by atoms with E-state index in [2.05, 4.69) is 6.92 Å². The molecule has 0 atom stereocenters. The minimum Gasteiger partial charge on any atom is -0.0745 e. The predicted molar refractivity (Wildman–Crippen MR) is 58.6 cm³/mol. The normalized spacial score (nSPS) is 58.5. The van der Waals surface area contributed by atoms with Crippen molar-refractivity contribution in [2.45, 2.75) is 49.7 Å². The van der Waals surface area contributed by atoms with Crippen molar-refractivity contribution in [2.24, 2.45) is 23.7 Å². The van der Waals surface area contributed by atoms with Gasteiger partial charge in [0.05, 0.1) is 0 Å². The molecule has 0 N–H and O–H groups in total. The summed E-state index contributed by atoms with van der Waals surface area (Å²) in [6.45, 7) is 2.45. The van der Waals surface area contributed by atoms with Crippen molar-refractivity contribution in [3.63, 3.8) is 0 Å². The smallest absolute Gasteiger partial charge is 0.0745 e. The van der Waals surface area contributed by atoms with Crippen LogP contribution in [0.3, 0.4) is 0 Å². The fraction of sp³-hybridized carbons (Fsp3) is 1.00. The lowest BCUT2D eigenvalue weighted by Gasteiger charge is -2.60. The van der Waals surface area contributed by atoms with Gasteiger partial charge in [-0.05, 0) is 55.8 Å². The van der Waals surface area contributed by atoms with Gasteiger partial charge in [-0.25, -0.2) is 0 Å². The van der Waals surface area contributed by atoms with Gasteiger partial charge in [0.1, 0.15) is 0 Å². The van der Waals surface area contributed by atoms with E-state index in [1.54, 1.807) is 32.1 Å². The van der Waals surface area contributed by atoms with Gasteiger partial charge in [0, 0.05) is 0 Å². The molecule has 4 rings (SSSR count). The van der Waals surface area contributed by atoms with Crippen molar-refractivity contribution >= 4 is 16.3 Å². The molecule has 4 aliphatic rings. The lowest BCUT2D eigenvalue weighted by molar-refractivity contribution is -0.0264. The Morgan fingerprint density at radius 2 is 1.46 bits per heavy atom. The van der Waals surface area contributed by atoms with Crippen molar-refractivity contribution < 1.29 is 0 Å². The summed E-state index contributed by atoms with van der Waals surface area (Å²) >= 11 is 1.47. The maximum absolute atomic E-state index is 2.45. The highest BCUT2D eigenvalue weighted by Crippen LogP contribution is 2.65. The van der Waals surface area contributed by atoms with Crippen LogP contribution in [0.4, 0.5) is 0 Å². The van der Waals surface area contributed by atoms with Crippen LogP contribution in [-0.4, -0.2) is 16.3 Å². The summed E-state index contributed by atoms with van der Waals surface area (Å²) in [7, 11) is 0. The minimum atomic E-state index is 0.882. The standard InChI is InChI=1S/C12H19.Al.2H/c1-2-12-10-4-8-3-9(6-10)7-11(12)5-8;;;/h8-11H,2-7H2,1H3;;;. The van der Waals surface area contributed by atoms with Crippen LogP contribution in [-0.2, 0) is 0 Å². The summed E-state index contributed by atoms with van der Waals surface area (Å²) in [5, 5.41) is 0. The van der Waals surface area contributed by atoms with Crippen molar-refractivity contribution in [2.75, 3.05) is 0 Å². The molecule has 13 heavy (non-hydrogen) atoms. The van der Waals surface area contributed by atoms with Gasteiger partial charge in [0.15, 0.2) is 0 Å². The monoisotopic (exact) mass is 192 g/mol. The van der Waals surface area contributed by atoms with Gasteiger partial charge in [-0.2, -0.15) is 0 Å². The van der Waals surface area contributed by atoms with E-state index in [0.717, 1.165) is 16.1 Å². The minimum absolute atomic E-state index is 0.882. The lowest BCUT2D eigenvalue weighted by Crippen LogP contribution is -2.48. The lowest BCUT2D eigenvalue weighted by atomic mass is 9.51. The summed E-state index contributed by atoms with van der Waals surface area (Å²) in [6, 6.07) is 0. The Labute approximate surface area is 89.9 Å². The van der Waals surface area contributed by atoms with Crippen LogP contribution in [0.5, 0.6) is 0 Å². The van der Waals surface area contributed by atoms with Crippen LogP contribution >= 0.6 is 0 Å². The first-order chi connectivity index (χ1) is 6.22. The van der Waals surface area contributed by atoms with Crippen molar-refractivity contribution in [3.05, 3.63) is 0 Å². The predicted octanol–water partition coefficient (Wildman–Crippen LogP) is 2.64. The molecule has 0 spiro atoms. The second-order valence-electron chi connectivity index (χ2n) is 6.16. The number of rotatable bonds is 1. The zero-order chi connectivity index (χ0) is 9.05. The molecule has 0 radical (unpaired) electrons. The summed E-state index contributed by atoms with van der Waals surface area (Å²) in [6.07, 6.45) is 9.56. The SMILES string of the molecule is CC[C]1([AlH2])C2CC3CC(C2)CC1C3. The van der Waals surface area contributed by atoms with Gasteiger partial charge >= 0.3 is 0 Å². The van der Waals surface area contributed by atoms with E-state index in [1.165, 1.54) is 34.5 Å². The molecule has 4 bridgehead atoms. The van der Waals surface area contributed by atoms with E-state index in [9.17, 15) is 0 Å². The highest BCUT2D eigenvalue weighted by atomic mass is 27.0. The van der Waals surface area contributed by atoms with Crippen LogP contribution in [0.25, 0.3) is 0 Å². The molecule has 4 saturated carbocycles. The maximum Gasteiger partial charge on any atom is 0.222 e. The second kappa shape index (κ2) is 2.77. The quantitative estimate of drug-likeness (QED) is 0.560. The Bertz CT molecular complexity index is 193. The van der Waals surface area contributed by atoms with Crippen molar-refractivity contribution in [1.29, 1.82) is 0 Å². The van der Waals surface area contributed by atoms with Gasteiger partial charge < -0.3 is 0 Å². The van der Waals surface area contributed by atoms with E-state index in [0.29, 0.717) is 0 Å². The van der Waals surface area contributed by atoms with Crippen molar-refractivity contribution in [3.8, 4) is 0 Å². The molecule has 0 aromatic rings. The van der Waals surface area contributed by atoms with Crippen molar-refractivity contribution in [1.82, 2.24) is 0 Å². The summed E-state index contributed by atoms with van der Waals surface area (Å²) in [5.74, 6) is 4.66. The summed E-state index contributed by atoms with van der Waals surface area (Å²) < 4.78 is 0.882. The molecule has 0 aromatic carbocycles. The van der Waals surface area contributed by atoms with Crippen LogP contribution in [0.2, 0.25) is 4.28 Å². The highest BCUT2D eigenvalue weighted by molar-refractivity contribution is 6.15. The third kappa shape index (κ3) is 1.10. The molecule has 0 aliphatic heterocycles. The average molecular weight is 192 g/mol. The van der Waals surface area contributed by atoms with Crippen LogP contribution < -0.4 is 0 Å². The van der Waals surface area contributed by atoms with Crippen LogP contribution in [0, 0.1) is 23.7 Å². The molecule has 1 heteroatoms. The van der Waals surface area contributed by atoms with Gasteiger partial charge in [0.25, 0.3) is 0 Å². The fourth-order valence-electron chi connectivity index (χ4n) is 4.84. The zero-order valence-corrected chi connectivity index (χ0v) is 11.1. The maximum atomic E-state index is 2.45.